The van der Waals surface area contributed by atoms with Crippen molar-refractivity contribution in [2.45, 2.75) is 51.6 Å². The molecular weight excluding hydrogens is 320 g/mol. The molecule has 0 spiro atoms. The molecule has 136 valence electrons. The summed E-state index contributed by atoms with van der Waals surface area (Å²) in [6, 6.07) is 0.278. The molecule has 0 saturated carbocycles. The van der Waals surface area contributed by atoms with Crippen LogP contribution in [0.5, 0.6) is 0 Å². The average molecular weight is 346 g/mol. The molecule has 2 aromatic heterocycles. The van der Waals surface area contributed by atoms with Gasteiger partial charge < -0.3 is 9.84 Å². The van der Waals surface area contributed by atoms with E-state index in [1.807, 2.05) is 0 Å². The molecule has 3 rings (SSSR count). The second kappa shape index (κ2) is 7.35. The molecule has 1 amide bonds. The van der Waals surface area contributed by atoms with Crippen molar-refractivity contribution in [2.24, 2.45) is 7.05 Å². The topological polar surface area (TPSA) is 89.1 Å². The van der Waals surface area contributed by atoms with Crippen molar-refractivity contribution in [2.75, 3.05) is 13.1 Å². The van der Waals surface area contributed by atoms with Crippen LogP contribution in [0.2, 0.25) is 0 Å². The van der Waals surface area contributed by atoms with Crippen LogP contribution < -0.4 is 5.32 Å². The minimum Gasteiger partial charge on any atom is -0.349 e. The summed E-state index contributed by atoms with van der Waals surface area (Å²) in [6.45, 7) is 7.97. The minimum absolute atomic E-state index is 0.0573. The highest BCUT2D eigenvalue weighted by molar-refractivity contribution is 5.93. The molecular formula is C17H26N6O2. The first kappa shape index (κ1) is 17.6. The largest absolute Gasteiger partial charge is 0.349 e. The van der Waals surface area contributed by atoms with Gasteiger partial charge in [-0.05, 0) is 19.8 Å². The number of likely N-dealkylation sites (tertiary alicyclic amines) is 1. The summed E-state index contributed by atoms with van der Waals surface area (Å²) in [6.07, 6.45) is 5.13. The van der Waals surface area contributed by atoms with Crippen molar-refractivity contribution in [3.63, 3.8) is 0 Å². The van der Waals surface area contributed by atoms with Gasteiger partial charge in [0.15, 0.2) is 5.82 Å². The summed E-state index contributed by atoms with van der Waals surface area (Å²) in [5, 5.41) is 11.2. The van der Waals surface area contributed by atoms with E-state index in [1.54, 1.807) is 24.1 Å². The van der Waals surface area contributed by atoms with Crippen LogP contribution in [0, 0.1) is 0 Å². The van der Waals surface area contributed by atoms with Crippen LogP contribution in [0.1, 0.15) is 67.6 Å². The van der Waals surface area contributed by atoms with Crippen LogP contribution in [0.3, 0.4) is 0 Å². The summed E-state index contributed by atoms with van der Waals surface area (Å²) < 4.78 is 7.04. The van der Waals surface area contributed by atoms with Crippen LogP contribution in [-0.2, 0) is 7.05 Å². The average Bonchev–Trinajstić information content (AvgIpc) is 3.24. The van der Waals surface area contributed by atoms with Crippen LogP contribution in [0.15, 0.2) is 16.9 Å². The quantitative estimate of drug-likeness (QED) is 0.889. The normalized spacial score (nSPS) is 17.8. The van der Waals surface area contributed by atoms with E-state index in [0.29, 0.717) is 11.5 Å². The fourth-order valence-corrected chi connectivity index (χ4v) is 3.05. The monoisotopic (exact) mass is 346 g/mol. The summed E-state index contributed by atoms with van der Waals surface area (Å²) in [5.41, 5.74) is 0.602. The van der Waals surface area contributed by atoms with E-state index in [-0.39, 0.29) is 23.9 Å². The van der Waals surface area contributed by atoms with Gasteiger partial charge in [-0.2, -0.15) is 10.1 Å². The van der Waals surface area contributed by atoms with Crippen molar-refractivity contribution in [3.05, 3.63) is 29.7 Å². The Morgan fingerprint density at radius 3 is 2.60 bits per heavy atom. The van der Waals surface area contributed by atoms with E-state index in [9.17, 15) is 4.79 Å². The zero-order valence-corrected chi connectivity index (χ0v) is 15.3. The number of aromatic nitrogens is 4. The molecule has 1 aliphatic heterocycles. The van der Waals surface area contributed by atoms with Gasteiger partial charge in [0.1, 0.15) is 0 Å². The van der Waals surface area contributed by atoms with Gasteiger partial charge in [0, 0.05) is 38.3 Å². The first-order valence-electron chi connectivity index (χ1n) is 8.81. The summed E-state index contributed by atoms with van der Waals surface area (Å²) in [5.74, 6) is 1.62. The number of aryl methyl sites for hydroxylation is 1. The fraction of sp³-hybridized carbons (Fsp3) is 0.647. The Labute approximate surface area is 147 Å². The highest BCUT2D eigenvalue weighted by Gasteiger charge is 2.28. The van der Waals surface area contributed by atoms with Gasteiger partial charge in [-0.3, -0.25) is 14.4 Å². The fourth-order valence-electron chi connectivity index (χ4n) is 3.05. The number of hydrogen-bond acceptors (Lipinski definition) is 6. The molecule has 1 saturated heterocycles. The first-order valence-corrected chi connectivity index (χ1v) is 8.81. The maximum absolute atomic E-state index is 12.2. The Bertz CT molecular complexity index is 714. The zero-order valence-electron chi connectivity index (χ0n) is 15.3. The van der Waals surface area contributed by atoms with Gasteiger partial charge in [-0.25, -0.2) is 0 Å². The van der Waals surface area contributed by atoms with Gasteiger partial charge in [-0.15, -0.1) is 0 Å². The van der Waals surface area contributed by atoms with E-state index < -0.39 is 0 Å². The number of piperidine rings is 1. The molecule has 1 fully saturated rings. The lowest BCUT2D eigenvalue weighted by Crippen LogP contribution is -2.45. The van der Waals surface area contributed by atoms with E-state index in [4.69, 9.17) is 4.52 Å². The Kier molecular flexibility index (Phi) is 5.17. The minimum atomic E-state index is -0.0573. The summed E-state index contributed by atoms with van der Waals surface area (Å²) in [4.78, 5) is 19.0. The van der Waals surface area contributed by atoms with Crippen molar-refractivity contribution in [1.29, 1.82) is 0 Å². The number of hydrogen-bond donors (Lipinski definition) is 1. The van der Waals surface area contributed by atoms with E-state index in [2.05, 4.69) is 46.2 Å². The molecule has 8 heteroatoms. The molecule has 0 bridgehead atoms. The number of carbonyl (C=O) groups excluding carboxylic acids is 1. The third-order valence-electron chi connectivity index (χ3n) is 4.71. The van der Waals surface area contributed by atoms with Gasteiger partial charge in [0.25, 0.3) is 5.91 Å². The Morgan fingerprint density at radius 2 is 2.04 bits per heavy atom. The number of rotatable bonds is 5. The van der Waals surface area contributed by atoms with Crippen molar-refractivity contribution in [3.8, 4) is 0 Å². The zero-order chi connectivity index (χ0) is 18.0. The van der Waals surface area contributed by atoms with Gasteiger partial charge in [0.05, 0.1) is 17.8 Å². The standard InChI is InChI=1S/C17H26N6O2/c1-11(2)15-20-17(25-21-15)12(3)23-7-5-14(6-8-23)19-16(24)13-9-18-22(4)10-13/h9-12,14H,5-8H2,1-4H3,(H,19,24). The van der Waals surface area contributed by atoms with Gasteiger partial charge in [0.2, 0.25) is 5.89 Å². The number of amides is 1. The highest BCUT2D eigenvalue weighted by Crippen LogP contribution is 2.24. The smallest absolute Gasteiger partial charge is 0.254 e. The Morgan fingerprint density at radius 1 is 1.32 bits per heavy atom. The molecule has 0 radical (unpaired) electrons. The predicted molar refractivity (Wildman–Crippen MR) is 92.1 cm³/mol. The van der Waals surface area contributed by atoms with Crippen molar-refractivity contribution >= 4 is 5.91 Å². The molecule has 25 heavy (non-hydrogen) atoms. The van der Waals surface area contributed by atoms with Crippen LogP contribution >= 0.6 is 0 Å². The lowest BCUT2D eigenvalue weighted by atomic mass is 10.0. The van der Waals surface area contributed by atoms with E-state index in [0.717, 1.165) is 31.8 Å². The summed E-state index contributed by atoms with van der Waals surface area (Å²) in [7, 11) is 1.80. The molecule has 1 N–H and O–H groups in total. The van der Waals surface area contributed by atoms with Crippen molar-refractivity contribution < 1.29 is 9.32 Å². The molecule has 1 unspecified atom stereocenters. The second-order valence-electron chi connectivity index (χ2n) is 7.01. The third kappa shape index (κ3) is 4.07. The summed E-state index contributed by atoms with van der Waals surface area (Å²) >= 11 is 0. The molecule has 8 nitrogen and oxygen atoms in total. The Hall–Kier alpha value is -2.22. The molecule has 1 aliphatic rings. The van der Waals surface area contributed by atoms with E-state index >= 15 is 0 Å². The molecule has 2 aromatic rings. The highest BCUT2D eigenvalue weighted by atomic mass is 16.5. The van der Waals surface area contributed by atoms with Crippen LogP contribution in [0.4, 0.5) is 0 Å². The number of carbonyl (C=O) groups is 1. The maximum atomic E-state index is 12.2. The molecule has 0 aliphatic carbocycles. The lowest BCUT2D eigenvalue weighted by molar-refractivity contribution is 0.0881. The van der Waals surface area contributed by atoms with Crippen LogP contribution in [-0.4, -0.2) is 49.9 Å². The second-order valence-corrected chi connectivity index (χ2v) is 7.01. The molecule has 0 aromatic carbocycles. The van der Waals surface area contributed by atoms with Gasteiger partial charge >= 0.3 is 0 Å². The third-order valence-corrected chi connectivity index (χ3v) is 4.71. The predicted octanol–water partition coefficient (Wildman–Crippen LogP) is 1.88. The lowest BCUT2D eigenvalue weighted by Gasteiger charge is -2.34. The molecule has 3 heterocycles. The van der Waals surface area contributed by atoms with Crippen LogP contribution in [0.25, 0.3) is 0 Å². The number of nitrogens with one attached hydrogen (secondary N) is 1. The maximum Gasteiger partial charge on any atom is 0.254 e. The Balaban J connectivity index is 1.51. The van der Waals surface area contributed by atoms with Gasteiger partial charge in [-0.1, -0.05) is 19.0 Å². The first-order chi connectivity index (χ1) is 11.9. The SMILES string of the molecule is CC(C)c1noc(C(C)N2CCC(NC(=O)c3cnn(C)c3)CC2)n1. The van der Waals surface area contributed by atoms with Crippen molar-refractivity contribution in [1.82, 2.24) is 30.1 Å². The number of nitrogens with zero attached hydrogens (tertiary/aromatic N) is 5. The molecule has 1 atom stereocenters. The van der Waals surface area contributed by atoms with E-state index in [1.165, 1.54) is 0 Å².